The molecule has 1 aliphatic heterocycles. The van der Waals surface area contributed by atoms with Crippen LogP contribution in [0.15, 0.2) is 12.4 Å². The molecule has 0 aromatic carbocycles. The predicted octanol–water partition coefficient (Wildman–Crippen LogP) is 2.17. The van der Waals surface area contributed by atoms with Gasteiger partial charge in [0, 0.05) is 31.4 Å². The molecule has 1 aromatic heterocycles. The van der Waals surface area contributed by atoms with E-state index in [2.05, 4.69) is 32.9 Å². The van der Waals surface area contributed by atoms with Crippen LogP contribution >= 0.6 is 0 Å². The highest BCUT2D eigenvalue weighted by atomic mass is 16.1. The molecule has 1 aromatic rings. The van der Waals surface area contributed by atoms with Crippen LogP contribution in [0, 0.1) is 5.92 Å². The summed E-state index contributed by atoms with van der Waals surface area (Å²) in [5, 5.41) is 3.08. The van der Waals surface area contributed by atoms with Crippen LogP contribution in [0.2, 0.25) is 0 Å². The third kappa shape index (κ3) is 4.32. The van der Waals surface area contributed by atoms with Crippen molar-refractivity contribution in [1.29, 1.82) is 0 Å². The fourth-order valence-corrected chi connectivity index (χ4v) is 3.28. The summed E-state index contributed by atoms with van der Waals surface area (Å²) in [4.78, 5) is 18.7. The number of hydrogen-bond acceptors (Lipinski definition) is 3. The Morgan fingerprint density at radius 3 is 2.77 bits per heavy atom. The first-order valence-corrected chi connectivity index (χ1v) is 8.76. The van der Waals surface area contributed by atoms with Gasteiger partial charge in [0.1, 0.15) is 5.82 Å². The van der Waals surface area contributed by atoms with Crippen molar-refractivity contribution in [3.63, 3.8) is 0 Å². The van der Waals surface area contributed by atoms with Crippen molar-refractivity contribution < 1.29 is 4.79 Å². The second kappa shape index (κ2) is 7.27. The zero-order chi connectivity index (χ0) is 15.4. The SMILES string of the molecule is CCn1ccnc1CN1CCC(CCC(=O)NC2CC2)CC1. The maximum absolute atomic E-state index is 11.8. The Labute approximate surface area is 133 Å². The standard InChI is InChI=1S/C17H28N4O/c1-2-21-12-9-18-16(21)13-20-10-7-14(8-11-20)3-6-17(22)19-15-4-5-15/h9,12,14-15H,2-8,10-11,13H2,1H3,(H,19,22). The molecule has 2 aliphatic rings. The van der Waals surface area contributed by atoms with Crippen molar-refractivity contribution >= 4 is 5.91 Å². The number of carbonyl (C=O) groups is 1. The number of rotatable bonds is 7. The van der Waals surface area contributed by atoms with Crippen LogP contribution in [0.3, 0.4) is 0 Å². The summed E-state index contributed by atoms with van der Waals surface area (Å²) < 4.78 is 2.22. The molecule has 1 saturated carbocycles. The zero-order valence-corrected chi connectivity index (χ0v) is 13.6. The molecule has 0 radical (unpaired) electrons. The maximum atomic E-state index is 11.8. The Bertz CT molecular complexity index is 487. The van der Waals surface area contributed by atoms with Gasteiger partial charge in [-0.2, -0.15) is 0 Å². The molecule has 122 valence electrons. The lowest BCUT2D eigenvalue weighted by atomic mass is 9.92. The first-order valence-electron chi connectivity index (χ1n) is 8.76. The Hall–Kier alpha value is -1.36. The molecular formula is C17H28N4O. The van der Waals surface area contributed by atoms with Gasteiger partial charge in [0.05, 0.1) is 6.54 Å². The number of nitrogens with one attached hydrogen (secondary N) is 1. The topological polar surface area (TPSA) is 50.2 Å². The average molecular weight is 304 g/mol. The summed E-state index contributed by atoms with van der Waals surface area (Å²) in [6, 6.07) is 0.497. The summed E-state index contributed by atoms with van der Waals surface area (Å²) in [6.45, 7) is 6.36. The Kier molecular flexibility index (Phi) is 5.13. The predicted molar refractivity (Wildman–Crippen MR) is 86.3 cm³/mol. The molecule has 0 bridgehead atoms. The number of amides is 1. The van der Waals surface area contributed by atoms with Crippen molar-refractivity contribution in [3.05, 3.63) is 18.2 Å². The molecule has 3 rings (SSSR count). The third-order valence-electron chi connectivity index (χ3n) is 4.94. The third-order valence-corrected chi connectivity index (χ3v) is 4.94. The van der Waals surface area contributed by atoms with Gasteiger partial charge in [0.25, 0.3) is 0 Å². The largest absolute Gasteiger partial charge is 0.353 e. The van der Waals surface area contributed by atoms with Crippen molar-refractivity contribution in [2.24, 2.45) is 5.92 Å². The molecule has 22 heavy (non-hydrogen) atoms. The molecule has 0 spiro atoms. The van der Waals surface area contributed by atoms with Crippen molar-refractivity contribution in [1.82, 2.24) is 19.8 Å². The highest BCUT2D eigenvalue weighted by Crippen LogP contribution is 2.24. The Morgan fingerprint density at radius 1 is 1.32 bits per heavy atom. The van der Waals surface area contributed by atoms with E-state index in [1.54, 1.807) is 0 Å². The van der Waals surface area contributed by atoms with Gasteiger partial charge in [-0.1, -0.05) is 0 Å². The Morgan fingerprint density at radius 2 is 2.09 bits per heavy atom. The van der Waals surface area contributed by atoms with E-state index in [4.69, 9.17) is 0 Å². The van der Waals surface area contributed by atoms with Gasteiger partial charge in [-0.3, -0.25) is 9.69 Å². The van der Waals surface area contributed by atoms with Crippen LogP contribution in [-0.4, -0.2) is 39.5 Å². The van der Waals surface area contributed by atoms with E-state index >= 15 is 0 Å². The lowest BCUT2D eigenvalue weighted by molar-refractivity contribution is -0.121. The summed E-state index contributed by atoms with van der Waals surface area (Å²) in [5.41, 5.74) is 0. The first-order chi connectivity index (χ1) is 10.7. The van der Waals surface area contributed by atoms with E-state index in [-0.39, 0.29) is 5.91 Å². The number of aryl methyl sites for hydroxylation is 1. The minimum atomic E-state index is 0.259. The summed E-state index contributed by atoms with van der Waals surface area (Å²) in [5.74, 6) is 2.15. The van der Waals surface area contributed by atoms with Crippen molar-refractivity contribution in [2.45, 2.75) is 64.6 Å². The number of carbonyl (C=O) groups excluding carboxylic acids is 1. The van der Waals surface area contributed by atoms with Gasteiger partial charge in [-0.05, 0) is 58.0 Å². The average Bonchev–Trinajstić information content (AvgIpc) is 3.23. The highest BCUT2D eigenvalue weighted by molar-refractivity contribution is 5.76. The summed E-state index contributed by atoms with van der Waals surface area (Å²) in [6.07, 6.45) is 10.5. The van der Waals surface area contributed by atoms with Gasteiger partial charge >= 0.3 is 0 Å². The number of likely N-dealkylation sites (tertiary alicyclic amines) is 1. The molecule has 0 unspecified atom stereocenters. The lowest BCUT2D eigenvalue weighted by Gasteiger charge is -2.31. The molecule has 1 aliphatic carbocycles. The molecule has 1 amide bonds. The number of nitrogens with zero attached hydrogens (tertiary/aromatic N) is 3. The van der Waals surface area contributed by atoms with E-state index in [1.807, 2.05) is 6.20 Å². The smallest absolute Gasteiger partial charge is 0.220 e. The van der Waals surface area contributed by atoms with Crippen molar-refractivity contribution in [2.75, 3.05) is 13.1 Å². The fraction of sp³-hybridized carbons (Fsp3) is 0.765. The molecule has 1 N–H and O–H groups in total. The molecule has 0 atom stereocenters. The van der Waals surface area contributed by atoms with Gasteiger partial charge in [0.2, 0.25) is 5.91 Å². The van der Waals surface area contributed by atoms with E-state index in [9.17, 15) is 4.79 Å². The van der Waals surface area contributed by atoms with E-state index in [0.29, 0.717) is 18.4 Å². The van der Waals surface area contributed by atoms with Crippen LogP contribution in [0.5, 0.6) is 0 Å². The van der Waals surface area contributed by atoms with Crippen LogP contribution in [-0.2, 0) is 17.9 Å². The first kappa shape index (κ1) is 15.5. The van der Waals surface area contributed by atoms with Crippen molar-refractivity contribution in [3.8, 4) is 0 Å². The van der Waals surface area contributed by atoms with Crippen LogP contribution < -0.4 is 5.32 Å². The maximum Gasteiger partial charge on any atom is 0.220 e. The van der Waals surface area contributed by atoms with Crippen LogP contribution in [0.1, 0.15) is 51.3 Å². The minimum absolute atomic E-state index is 0.259. The number of imidazole rings is 1. The Balaban J connectivity index is 1.36. The molecule has 5 nitrogen and oxygen atoms in total. The molecule has 2 fully saturated rings. The molecule has 1 saturated heterocycles. The molecule has 5 heteroatoms. The van der Waals surface area contributed by atoms with Gasteiger partial charge < -0.3 is 9.88 Å². The van der Waals surface area contributed by atoms with Gasteiger partial charge in [-0.15, -0.1) is 0 Å². The van der Waals surface area contributed by atoms with E-state index in [0.717, 1.165) is 32.6 Å². The van der Waals surface area contributed by atoms with Gasteiger partial charge in [-0.25, -0.2) is 4.98 Å². The van der Waals surface area contributed by atoms with E-state index in [1.165, 1.54) is 31.5 Å². The quantitative estimate of drug-likeness (QED) is 0.840. The molecular weight excluding hydrogens is 276 g/mol. The zero-order valence-electron chi connectivity index (χ0n) is 13.6. The second-order valence-electron chi connectivity index (χ2n) is 6.73. The summed E-state index contributed by atoms with van der Waals surface area (Å²) in [7, 11) is 0. The van der Waals surface area contributed by atoms with E-state index < -0.39 is 0 Å². The van der Waals surface area contributed by atoms with Crippen LogP contribution in [0.25, 0.3) is 0 Å². The number of aromatic nitrogens is 2. The summed E-state index contributed by atoms with van der Waals surface area (Å²) >= 11 is 0. The lowest BCUT2D eigenvalue weighted by Crippen LogP contribution is -2.34. The monoisotopic (exact) mass is 304 g/mol. The number of hydrogen-bond donors (Lipinski definition) is 1. The number of piperidine rings is 1. The highest BCUT2D eigenvalue weighted by Gasteiger charge is 2.24. The fourth-order valence-electron chi connectivity index (χ4n) is 3.28. The van der Waals surface area contributed by atoms with Gasteiger partial charge in [0.15, 0.2) is 0 Å². The van der Waals surface area contributed by atoms with Crippen LogP contribution in [0.4, 0.5) is 0 Å². The minimum Gasteiger partial charge on any atom is -0.353 e. The second-order valence-corrected chi connectivity index (χ2v) is 6.73. The normalized spacial score (nSPS) is 20.2. The molecule has 2 heterocycles.